The second-order valence-electron chi connectivity index (χ2n) is 4.17. The number of piperazine rings is 1. The van der Waals surface area contributed by atoms with Gasteiger partial charge in [0.2, 0.25) is 0 Å². The highest BCUT2D eigenvalue weighted by Gasteiger charge is 2.21. The minimum Gasteiger partial charge on any atom is -0.497 e. The second kappa shape index (κ2) is 5.67. The van der Waals surface area contributed by atoms with Gasteiger partial charge in [0.25, 0.3) is 0 Å². The van der Waals surface area contributed by atoms with Crippen molar-refractivity contribution in [3.8, 4) is 11.8 Å². The van der Waals surface area contributed by atoms with Gasteiger partial charge in [-0.05, 0) is 17.7 Å². The van der Waals surface area contributed by atoms with Gasteiger partial charge in [0.1, 0.15) is 11.8 Å². The van der Waals surface area contributed by atoms with E-state index in [9.17, 15) is 0 Å². The lowest BCUT2D eigenvalue weighted by atomic mass is 10.1. The number of methoxy groups -OCH3 is 1. The first-order valence-electron chi connectivity index (χ1n) is 5.81. The predicted octanol–water partition coefficient (Wildman–Crippen LogP) is 0.993. The van der Waals surface area contributed by atoms with E-state index in [-0.39, 0.29) is 6.04 Å². The van der Waals surface area contributed by atoms with Crippen molar-refractivity contribution in [3.63, 3.8) is 0 Å². The first-order valence-corrected chi connectivity index (χ1v) is 5.81. The van der Waals surface area contributed by atoms with Gasteiger partial charge in [-0.3, -0.25) is 4.90 Å². The topological polar surface area (TPSA) is 48.3 Å². The number of ether oxygens (including phenoxy) is 1. The Kier molecular flexibility index (Phi) is 3.97. The Bertz CT molecular complexity index is 396. The number of rotatable bonds is 3. The third-order valence-corrected chi connectivity index (χ3v) is 3.05. The van der Waals surface area contributed by atoms with Crippen LogP contribution in [0.1, 0.15) is 5.56 Å². The van der Waals surface area contributed by atoms with E-state index in [0.29, 0.717) is 0 Å². The molecule has 1 aliphatic heterocycles. The number of nitrogens with one attached hydrogen (secondary N) is 1. The lowest BCUT2D eigenvalue weighted by molar-refractivity contribution is 0.189. The Morgan fingerprint density at radius 1 is 1.47 bits per heavy atom. The van der Waals surface area contributed by atoms with Gasteiger partial charge in [-0.15, -0.1) is 0 Å². The largest absolute Gasteiger partial charge is 0.497 e. The van der Waals surface area contributed by atoms with Crippen molar-refractivity contribution in [1.29, 1.82) is 5.26 Å². The zero-order valence-electron chi connectivity index (χ0n) is 10.0. The van der Waals surface area contributed by atoms with Gasteiger partial charge in [-0.2, -0.15) is 5.26 Å². The van der Waals surface area contributed by atoms with Crippen LogP contribution in [0.5, 0.6) is 5.75 Å². The fraction of sp³-hybridized carbons (Fsp3) is 0.462. The predicted molar refractivity (Wildman–Crippen MR) is 65.7 cm³/mol. The molecule has 1 aromatic rings. The van der Waals surface area contributed by atoms with Crippen LogP contribution < -0.4 is 10.1 Å². The summed E-state index contributed by atoms with van der Waals surface area (Å²) in [6, 6.07) is 10.3. The van der Waals surface area contributed by atoms with E-state index in [4.69, 9.17) is 10.00 Å². The van der Waals surface area contributed by atoms with E-state index < -0.39 is 0 Å². The molecule has 0 amide bonds. The highest BCUT2D eigenvalue weighted by Crippen LogP contribution is 2.14. The number of nitrogens with zero attached hydrogens (tertiary/aromatic N) is 2. The van der Waals surface area contributed by atoms with Crippen molar-refractivity contribution >= 4 is 0 Å². The van der Waals surface area contributed by atoms with Gasteiger partial charge in [-0.1, -0.05) is 12.1 Å². The molecular formula is C13H17N3O. The molecule has 0 aromatic heterocycles. The van der Waals surface area contributed by atoms with Crippen LogP contribution in [0.4, 0.5) is 0 Å². The highest BCUT2D eigenvalue weighted by atomic mass is 16.5. The van der Waals surface area contributed by atoms with Gasteiger partial charge in [0.15, 0.2) is 0 Å². The van der Waals surface area contributed by atoms with Crippen LogP contribution in [0.3, 0.4) is 0 Å². The van der Waals surface area contributed by atoms with Crippen molar-refractivity contribution in [3.05, 3.63) is 29.8 Å². The van der Waals surface area contributed by atoms with Crippen molar-refractivity contribution in [1.82, 2.24) is 10.2 Å². The molecular weight excluding hydrogens is 214 g/mol. The number of hydrogen-bond acceptors (Lipinski definition) is 4. The molecule has 1 fully saturated rings. The average molecular weight is 231 g/mol. The van der Waals surface area contributed by atoms with E-state index in [1.807, 2.05) is 12.1 Å². The molecule has 90 valence electrons. The van der Waals surface area contributed by atoms with Crippen LogP contribution in [0.15, 0.2) is 24.3 Å². The minimum atomic E-state index is -0.0224. The first kappa shape index (κ1) is 11.9. The van der Waals surface area contributed by atoms with Crippen molar-refractivity contribution in [2.24, 2.45) is 0 Å². The normalized spacial score (nSPS) is 20.8. The summed E-state index contributed by atoms with van der Waals surface area (Å²) >= 11 is 0. The number of nitriles is 1. The highest BCUT2D eigenvalue weighted by molar-refractivity contribution is 5.27. The Morgan fingerprint density at radius 2 is 2.24 bits per heavy atom. The van der Waals surface area contributed by atoms with Crippen LogP contribution >= 0.6 is 0 Å². The Balaban J connectivity index is 2.01. The molecule has 1 saturated heterocycles. The van der Waals surface area contributed by atoms with Crippen LogP contribution in [-0.2, 0) is 6.54 Å². The minimum absolute atomic E-state index is 0.0224. The Morgan fingerprint density at radius 3 is 2.88 bits per heavy atom. The summed E-state index contributed by atoms with van der Waals surface area (Å²) in [6.07, 6.45) is 0. The summed E-state index contributed by atoms with van der Waals surface area (Å²) in [5, 5.41) is 12.3. The van der Waals surface area contributed by atoms with Crippen LogP contribution in [-0.4, -0.2) is 37.7 Å². The third kappa shape index (κ3) is 2.96. The molecule has 1 heterocycles. The SMILES string of the molecule is COc1ccc(CN2CCNCC2C#N)cc1. The molecule has 1 N–H and O–H groups in total. The quantitative estimate of drug-likeness (QED) is 0.843. The maximum Gasteiger partial charge on any atom is 0.118 e. The first-order chi connectivity index (χ1) is 8.33. The van der Waals surface area contributed by atoms with Gasteiger partial charge < -0.3 is 10.1 Å². The zero-order chi connectivity index (χ0) is 12.1. The van der Waals surface area contributed by atoms with Crippen LogP contribution in [0.2, 0.25) is 0 Å². The lowest BCUT2D eigenvalue weighted by Gasteiger charge is -2.31. The monoisotopic (exact) mass is 231 g/mol. The number of benzene rings is 1. The fourth-order valence-corrected chi connectivity index (χ4v) is 2.03. The molecule has 4 heteroatoms. The third-order valence-electron chi connectivity index (χ3n) is 3.05. The van der Waals surface area contributed by atoms with E-state index in [2.05, 4.69) is 28.4 Å². The molecule has 0 radical (unpaired) electrons. The molecule has 4 nitrogen and oxygen atoms in total. The molecule has 0 aliphatic carbocycles. The van der Waals surface area contributed by atoms with Crippen LogP contribution in [0, 0.1) is 11.3 Å². The molecule has 1 aromatic carbocycles. The maximum absolute atomic E-state index is 9.07. The van der Waals surface area contributed by atoms with Gasteiger partial charge >= 0.3 is 0 Å². The van der Waals surface area contributed by atoms with E-state index in [0.717, 1.165) is 31.9 Å². The molecule has 1 atom stereocenters. The molecule has 1 unspecified atom stereocenters. The maximum atomic E-state index is 9.07. The van der Waals surface area contributed by atoms with Crippen molar-refractivity contribution in [2.45, 2.75) is 12.6 Å². The summed E-state index contributed by atoms with van der Waals surface area (Å²) < 4.78 is 5.13. The summed E-state index contributed by atoms with van der Waals surface area (Å²) in [5.41, 5.74) is 1.22. The van der Waals surface area contributed by atoms with Gasteiger partial charge in [-0.25, -0.2) is 0 Å². The summed E-state index contributed by atoms with van der Waals surface area (Å²) in [5.74, 6) is 0.867. The molecule has 17 heavy (non-hydrogen) atoms. The van der Waals surface area contributed by atoms with Crippen LogP contribution in [0.25, 0.3) is 0 Å². The molecule has 0 spiro atoms. The van der Waals surface area contributed by atoms with Gasteiger partial charge in [0.05, 0.1) is 13.2 Å². The summed E-state index contributed by atoms with van der Waals surface area (Å²) in [6.45, 7) is 3.45. The van der Waals surface area contributed by atoms with E-state index in [1.165, 1.54) is 5.56 Å². The van der Waals surface area contributed by atoms with E-state index in [1.54, 1.807) is 7.11 Å². The summed E-state index contributed by atoms with van der Waals surface area (Å²) in [4.78, 5) is 2.21. The van der Waals surface area contributed by atoms with Crippen molar-refractivity contribution in [2.75, 3.05) is 26.7 Å². The summed E-state index contributed by atoms with van der Waals surface area (Å²) in [7, 11) is 1.66. The molecule has 2 rings (SSSR count). The smallest absolute Gasteiger partial charge is 0.118 e. The standard InChI is InChI=1S/C13H17N3O/c1-17-13-4-2-11(3-5-13)10-16-7-6-15-9-12(16)8-14/h2-5,12,15H,6-7,9-10H2,1H3. The molecule has 0 saturated carbocycles. The Labute approximate surface area is 102 Å². The molecule has 1 aliphatic rings. The van der Waals surface area contributed by atoms with E-state index >= 15 is 0 Å². The number of hydrogen-bond donors (Lipinski definition) is 1. The average Bonchev–Trinajstić information content (AvgIpc) is 2.40. The fourth-order valence-electron chi connectivity index (χ4n) is 2.03. The van der Waals surface area contributed by atoms with Crippen molar-refractivity contribution < 1.29 is 4.74 Å². The molecule has 0 bridgehead atoms. The van der Waals surface area contributed by atoms with Gasteiger partial charge in [0, 0.05) is 26.2 Å². The zero-order valence-corrected chi connectivity index (χ0v) is 10.0. The second-order valence-corrected chi connectivity index (χ2v) is 4.17. The Hall–Kier alpha value is -1.57. The lowest BCUT2D eigenvalue weighted by Crippen LogP contribution is -2.49.